The molecule has 0 N–H and O–H groups in total. The van der Waals surface area contributed by atoms with Gasteiger partial charge >= 0.3 is 0 Å². The molecule has 0 fully saturated rings. The summed E-state index contributed by atoms with van der Waals surface area (Å²) in [5.41, 5.74) is 1.36. The molecule has 0 radical (unpaired) electrons. The maximum atomic E-state index is 10.7. The molecule has 80 valence electrons. The summed E-state index contributed by atoms with van der Waals surface area (Å²) in [4.78, 5) is 10.3. The summed E-state index contributed by atoms with van der Waals surface area (Å²) in [6, 6.07) is 4.43. The maximum absolute atomic E-state index is 10.7. The van der Waals surface area contributed by atoms with E-state index in [0.29, 0.717) is 16.5 Å². The predicted octanol–water partition coefficient (Wildman–Crippen LogP) is 3.89. The van der Waals surface area contributed by atoms with Crippen LogP contribution in [0.4, 0.5) is 5.69 Å². The number of halogens is 2. The van der Waals surface area contributed by atoms with Gasteiger partial charge in [-0.25, -0.2) is 0 Å². The van der Waals surface area contributed by atoms with Crippen molar-refractivity contribution in [1.82, 2.24) is 0 Å². The highest BCUT2D eigenvalue weighted by Crippen LogP contribution is 2.25. The van der Waals surface area contributed by atoms with E-state index in [-0.39, 0.29) is 5.69 Å². The van der Waals surface area contributed by atoms with Crippen LogP contribution in [0.1, 0.15) is 12.5 Å². The lowest BCUT2D eigenvalue weighted by Gasteiger charge is -2.00. The number of rotatable bonds is 3. The van der Waals surface area contributed by atoms with Crippen LogP contribution in [0.3, 0.4) is 0 Å². The molecule has 0 saturated heterocycles. The molecule has 3 nitrogen and oxygen atoms in total. The Morgan fingerprint density at radius 1 is 1.60 bits per heavy atom. The fourth-order valence-corrected chi connectivity index (χ4v) is 1.37. The third kappa shape index (κ3) is 3.22. The normalized spacial score (nSPS) is 11.5. The zero-order chi connectivity index (χ0) is 11.4. The summed E-state index contributed by atoms with van der Waals surface area (Å²) < 4.78 is 0. The first kappa shape index (κ1) is 12.0. The molecule has 1 aromatic carbocycles. The van der Waals surface area contributed by atoms with Crippen LogP contribution in [0.5, 0.6) is 0 Å². The van der Waals surface area contributed by atoms with Crippen molar-refractivity contribution < 1.29 is 4.92 Å². The monoisotopic (exact) mass is 245 g/mol. The molecule has 0 heterocycles. The van der Waals surface area contributed by atoms with Crippen molar-refractivity contribution >= 4 is 35.0 Å². The van der Waals surface area contributed by atoms with Crippen LogP contribution in [0, 0.1) is 10.1 Å². The van der Waals surface area contributed by atoms with Gasteiger partial charge in [-0.3, -0.25) is 10.1 Å². The summed E-state index contributed by atoms with van der Waals surface area (Å²) in [6.07, 6.45) is 1.66. The Balaban J connectivity index is 3.25. The number of nitrogens with zero attached hydrogens (tertiary/aromatic N) is 1. The fourth-order valence-electron chi connectivity index (χ4n) is 1.11. The highest BCUT2D eigenvalue weighted by atomic mass is 35.5. The molecule has 0 amide bonds. The summed E-state index contributed by atoms with van der Waals surface area (Å²) in [6.45, 7) is 1.80. The van der Waals surface area contributed by atoms with Crippen LogP contribution in [0.2, 0.25) is 5.02 Å². The minimum Gasteiger partial charge on any atom is -0.258 e. The third-order valence-electron chi connectivity index (χ3n) is 1.80. The Kier molecular flexibility index (Phi) is 4.12. The van der Waals surface area contributed by atoms with Gasteiger partial charge in [-0.05, 0) is 25.1 Å². The maximum Gasteiger partial charge on any atom is 0.276 e. The quantitative estimate of drug-likeness (QED) is 0.461. The van der Waals surface area contributed by atoms with Crippen LogP contribution in [0.15, 0.2) is 23.8 Å². The van der Waals surface area contributed by atoms with E-state index in [1.54, 1.807) is 19.1 Å². The number of hydrogen-bond acceptors (Lipinski definition) is 2. The molecule has 0 aliphatic carbocycles. The smallest absolute Gasteiger partial charge is 0.258 e. The van der Waals surface area contributed by atoms with Gasteiger partial charge in [-0.2, -0.15) is 0 Å². The highest BCUT2D eigenvalue weighted by Gasteiger charge is 2.11. The zero-order valence-corrected chi connectivity index (χ0v) is 9.55. The van der Waals surface area contributed by atoms with Crippen LogP contribution >= 0.6 is 23.2 Å². The topological polar surface area (TPSA) is 43.1 Å². The first-order valence-electron chi connectivity index (χ1n) is 4.21. The molecule has 15 heavy (non-hydrogen) atoms. The molecule has 0 aliphatic heterocycles. The first-order valence-corrected chi connectivity index (χ1v) is 5.13. The second-order valence-corrected chi connectivity index (χ2v) is 3.79. The summed E-state index contributed by atoms with van der Waals surface area (Å²) in [7, 11) is 0. The number of allylic oxidation sites excluding steroid dienone is 1. The molecule has 0 atom stereocenters. The van der Waals surface area contributed by atoms with Crippen molar-refractivity contribution in [3.05, 3.63) is 44.5 Å². The Morgan fingerprint density at radius 2 is 2.27 bits per heavy atom. The lowest BCUT2D eigenvalue weighted by molar-refractivity contribution is -0.385. The van der Waals surface area contributed by atoms with E-state index < -0.39 is 4.92 Å². The lowest BCUT2D eigenvalue weighted by atomic mass is 10.1. The van der Waals surface area contributed by atoms with Gasteiger partial charge < -0.3 is 0 Å². The van der Waals surface area contributed by atoms with Gasteiger partial charge in [0, 0.05) is 17.0 Å². The predicted molar refractivity (Wildman–Crippen MR) is 62.5 cm³/mol. The lowest BCUT2D eigenvalue weighted by Crippen LogP contribution is -1.92. The Labute approximate surface area is 97.5 Å². The van der Waals surface area contributed by atoms with Crippen molar-refractivity contribution in [2.75, 3.05) is 5.88 Å². The Bertz CT molecular complexity index is 416. The Hall–Kier alpha value is -1.06. The number of nitro groups is 1. The van der Waals surface area contributed by atoms with Gasteiger partial charge in [0.1, 0.15) is 0 Å². The van der Waals surface area contributed by atoms with E-state index in [9.17, 15) is 10.1 Å². The standard InChI is InChI=1S/C10H9Cl2NO2/c1-7(6-11)4-8-5-9(12)2-3-10(8)13(14)15/h2-5H,6H2,1H3/b7-4-. The average molecular weight is 246 g/mol. The Morgan fingerprint density at radius 3 is 2.80 bits per heavy atom. The summed E-state index contributed by atoms with van der Waals surface area (Å²) >= 11 is 11.4. The van der Waals surface area contributed by atoms with Crippen LogP contribution in [0.25, 0.3) is 6.08 Å². The average Bonchev–Trinajstić information content (AvgIpc) is 2.17. The number of alkyl halides is 1. The molecular formula is C10H9Cl2NO2. The number of benzene rings is 1. The van der Waals surface area contributed by atoms with E-state index in [1.807, 2.05) is 0 Å². The minimum absolute atomic E-state index is 0.0314. The molecule has 1 aromatic rings. The first-order chi connectivity index (χ1) is 7.04. The number of hydrogen-bond donors (Lipinski definition) is 0. The van der Waals surface area contributed by atoms with Gasteiger partial charge in [0.15, 0.2) is 0 Å². The molecule has 0 spiro atoms. The van der Waals surface area contributed by atoms with Crippen LogP contribution in [-0.4, -0.2) is 10.8 Å². The SMILES string of the molecule is C/C(=C/c1cc(Cl)ccc1[N+](=O)[O-])CCl. The summed E-state index contributed by atoms with van der Waals surface area (Å²) in [5, 5.41) is 11.2. The van der Waals surface area contributed by atoms with E-state index in [1.165, 1.54) is 12.1 Å². The van der Waals surface area contributed by atoms with Crippen molar-refractivity contribution in [3.63, 3.8) is 0 Å². The van der Waals surface area contributed by atoms with E-state index in [4.69, 9.17) is 23.2 Å². The van der Waals surface area contributed by atoms with Gasteiger partial charge in [-0.1, -0.05) is 17.2 Å². The fraction of sp³-hybridized carbons (Fsp3) is 0.200. The molecule has 0 bridgehead atoms. The van der Waals surface area contributed by atoms with Crippen LogP contribution in [-0.2, 0) is 0 Å². The molecule has 5 heteroatoms. The summed E-state index contributed by atoms with van der Waals surface area (Å²) in [5.74, 6) is 0.337. The van der Waals surface area contributed by atoms with Crippen LogP contribution < -0.4 is 0 Å². The van der Waals surface area contributed by atoms with E-state index in [2.05, 4.69) is 0 Å². The van der Waals surface area contributed by atoms with Crippen molar-refractivity contribution in [3.8, 4) is 0 Å². The molecule has 0 aliphatic rings. The van der Waals surface area contributed by atoms with Gasteiger partial charge in [0.25, 0.3) is 5.69 Å². The van der Waals surface area contributed by atoms with Gasteiger partial charge in [0.05, 0.1) is 10.5 Å². The van der Waals surface area contributed by atoms with E-state index >= 15 is 0 Å². The molecule has 0 aromatic heterocycles. The van der Waals surface area contributed by atoms with Gasteiger partial charge in [-0.15, -0.1) is 11.6 Å². The van der Waals surface area contributed by atoms with E-state index in [0.717, 1.165) is 5.57 Å². The molecule has 1 rings (SSSR count). The second kappa shape index (κ2) is 5.14. The number of nitro benzene ring substituents is 1. The molecule has 0 unspecified atom stereocenters. The van der Waals surface area contributed by atoms with Crippen molar-refractivity contribution in [2.24, 2.45) is 0 Å². The molecular weight excluding hydrogens is 237 g/mol. The van der Waals surface area contributed by atoms with Gasteiger partial charge in [0.2, 0.25) is 0 Å². The second-order valence-electron chi connectivity index (χ2n) is 3.08. The highest BCUT2D eigenvalue weighted by molar-refractivity contribution is 6.30. The third-order valence-corrected chi connectivity index (χ3v) is 2.46. The van der Waals surface area contributed by atoms with Crippen molar-refractivity contribution in [2.45, 2.75) is 6.92 Å². The zero-order valence-electron chi connectivity index (χ0n) is 8.04. The van der Waals surface area contributed by atoms with Crippen molar-refractivity contribution in [1.29, 1.82) is 0 Å². The largest absolute Gasteiger partial charge is 0.276 e. The minimum atomic E-state index is -0.441. The molecule has 0 saturated carbocycles.